The lowest BCUT2D eigenvalue weighted by Crippen LogP contribution is -2.31. The zero-order valence-electron chi connectivity index (χ0n) is 8.76. The highest BCUT2D eigenvalue weighted by molar-refractivity contribution is 9.09. The maximum Gasteiger partial charge on any atom is 0.154 e. The first kappa shape index (κ1) is 10.4. The van der Waals surface area contributed by atoms with E-state index in [0.717, 1.165) is 16.7 Å². The Hall–Kier alpha value is -1.10. The van der Waals surface area contributed by atoms with Gasteiger partial charge in [0.15, 0.2) is 5.82 Å². The molecule has 0 amide bonds. The van der Waals surface area contributed by atoms with Gasteiger partial charge in [0.05, 0.1) is 6.20 Å². The van der Waals surface area contributed by atoms with Crippen molar-refractivity contribution < 1.29 is 0 Å². The predicted molar refractivity (Wildman–Crippen MR) is 64.6 cm³/mol. The summed E-state index contributed by atoms with van der Waals surface area (Å²) in [5, 5.41) is 5.10. The molecule has 1 atom stereocenters. The SMILES string of the molecule is CC(CBr)N(C)c1nccn2nccc12. The van der Waals surface area contributed by atoms with Gasteiger partial charge in [0, 0.05) is 30.8 Å². The van der Waals surface area contributed by atoms with Gasteiger partial charge < -0.3 is 4.90 Å². The smallest absolute Gasteiger partial charge is 0.154 e. The second-order valence-electron chi connectivity index (χ2n) is 3.53. The maximum atomic E-state index is 4.39. The quantitative estimate of drug-likeness (QED) is 0.798. The molecule has 0 aliphatic carbocycles. The van der Waals surface area contributed by atoms with Gasteiger partial charge in [0.2, 0.25) is 0 Å². The van der Waals surface area contributed by atoms with Crippen molar-refractivity contribution in [2.75, 3.05) is 17.3 Å². The van der Waals surface area contributed by atoms with E-state index in [0.29, 0.717) is 6.04 Å². The number of halogens is 1. The van der Waals surface area contributed by atoms with E-state index < -0.39 is 0 Å². The first-order valence-corrected chi connectivity index (χ1v) is 5.93. The van der Waals surface area contributed by atoms with Gasteiger partial charge in [0.25, 0.3) is 0 Å². The number of rotatable bonds is 3. The molecular weight excluding hydrogens is 256 g/mol. The Morgan fingerprint density at radius 3 is 3.07 bits per heavy atom. The molecule has 0 N–H and O–H groups in total. The van der Waals surface area contributed by atoms with Crippen molar-refractivity contribution in [3.63, 3.8) is 0 Å². The van der Waals surface area contributed by atoms with Crippen LogP contribution in [0.5, 0.6) is 0 Å². The summed E-state index contributed by atoms with van der Waals surface area (Å²) in [5.41, 5.74) is 1.04. The molecular formula is C10H13BrN4. The van der Waals surface area contributed by atoms with Crippen molar-refractivity contribution >= 4 is 27.3 Å². The normalized spacial score (nSPS) is 13.0. The zero-order chi connectivity index (χ0) is 10.8. The van der Waals surface area contributed by atoms with Crippen LogP contribution in [-0.4, -0.2) is 33.0 Å². The molecule has 2 heterocycles. The number of anilines is 1. The third kappa shape index (κ3) is 1.84. The van der Waals surface area contributed by atoms with E-state index in [1.165, 1.54) is 0 Å². The lowest BCUT2D eigenvalue weighted by molar-refractivity contribution is 0.755. The molecule has 0 spiro atoms. The van der Waals surface area contributed by atoms with Crippen LogP contribution in [0.15, 0.2) is 24.7 Å². The van der Waals surface area contributed by atoms with Crippen LogP contribution in [0.25, 0.3) is 5.52 Å². The van der Waals surface area contributed by atoms with Crippen molar-refractivity contribution in [1.82, 2.24) is 14.6 Å². The van der Waals surface area contributed by atoms with Crippen LogP contribution in [0.2, 0.25) is 0 Å². The predicted octanol–water partition coefficient (Wildman–Crippen LogP) is 1.95. The molecule has 2 rings (SSSR count). The molecule has 0 fully saturated rings. The van der Waals surface area contributed by atoms with Crippen LogP contribution >= 0.6 is 15.9 Å². The minimum atomic E-state index is 0.401. The Kier molecular flexibility index (Phi) is 2.90. The zero-order valence-corrected chi connectivity index (χ0v) is 10.3. The largest absolute Gasteiger partial charge is 0.354 e. The average molecular weight is 269 g/mol. The molecule has 80 valence electrons. The minimum absolute atomic E-state index is 0.401. The summed E-state index contributed by atoms with van der Waals surface area (Å²) in [6.07, 6.45) is 5.41. The van der Waals surface area contributed by atoms with Gasteiger partial charge in [-0.2, -0.15) is 5.10 Å². The molecule has 1 unspecified atom stereocenters. The van der Waals surface area contributed by atoms with Gasteiger partial charge in [-0.15, -0.1) is 0 Å². The standard InChI is InChI=1S/C10H13BrN4/c1-8(7-11)14(2)10-9-3-4-13-15(9)6-5-12-10/h3-6,8H,7H2,1-2H3. The summed E-state index contributed by atoms with van der Waals surface area (Å²) in [6.45, 7) is 2.15. The number of hydrogen-bond donors (Lipinski definition) is 0. The molecule has 0 saturated carbocycles. The number of aromatic nitrogens is 3. The molecule has 2 aromatic rings. The Bertz CT molecular complexity index is 453. The number of fused-ring (bicyclic) bond motifs is 1. The van der Waals surface area contributed by atoms with Crippen molar-refractivity contribution in [3.05, 3.63) is 24.7 Å². The molecule has 0 aliphatic heterocycles. The molecule has 15 heavy (non-hydrogen) atoms. The second kappa shape index (κ2) is 4.18. The summed E-state index contributed by atoms with van der Waals surface area (Å²) in [6, 6.07) is 2.37. The molecule has 4 nitrogen and oxygen atoms in total. The summed E-state index contributed by atoms with van der Waals surface area (Å²) in [7, 11) is 2.04. The highest BCUT2D eigenvalue weighted by atomic mass is 79.9. The average Bonchev–Trinajstić information content (AvgIpc) is 2.74. The first-order valence-electron chi connectivity index (χ1n) is 4.81. The fourth-order valence-electron chi connectivity index (χ4n) is 1.43. The van der Waals surface area contributed by atoms with Gasteiger partial charge >= 0.3 is 0 Å². The van der Waals surface area contributed by atoms with E-state index in [2.05, 4.69) is 37.8 Å². The number of hydrogen-bond acceptors (Lipinski definition) is 3. The van der Waals surface area contributed by atoms with Crippen molar-refractivity contribution in [2.45, 2.75) is 13.0 Å². The van der Waals surface area contributed by atoms with E-state index in [1.54, 1.807) is 12.4 Å². The maximum absolute atomic E-state index is 4.39. The molecule has 0 aliphatic rings. The van der Waals surface area contributed by atoms with Crippen LogP contribution in [0, 0.1) is 0 Å². The first-order chi connectivity index (χ1) is 7.24. The molecule has 0 saturated heterocycles. The fourth-order valence-corrected chi connectivity index (χ4v) is 1.86. The van der Waals surface area contributed by atoms with E-state index in [-0.39, 0.29) is 0 Å². The fraction of sp³-hybridized carbons (Fsp3) is 0.400. The van der Waals surface area contributed by atoms with Gasteiger partial charge in [-0.25, -0.2) is 9.50 Å². The van der Waals surface area contributed by atoms with E-state index in [9.17, 15) is 0 Å². The van der Waals surface area contributed by atoms with Crippen LogP contribution in [0.3, 0.4) is 0 Å². The van der Waals surface area contributed by atoms with Crippen molar-refractivity contribution in [1.29, 1.82) is 0 Å². The minimum Gasteiger partial charge on any atom is -0.354 e. The van der Waals surface area contributed by atoms with Crippen molar-refractivity contribution in [2.24, 2.45) is 0 Å². The molecule has 2 aromatic heterocycles. The summed E-state index contributed by atoms with van der Waals surface area (Å²) >= 11 is 3.48. The van der Waals surface area contributed by atoms with Crippen LogP contribution in [0.4, 0.5) is 5.82 Å². The highest BCUT2D eigenvalue weighted by Gasteiger charge is 2.13. The summed E-state index contributed by atoms with van der Waals surface area (Å²) < 4.78 is 1.83. The molecule has 0 radical (unpaired) electrons. The Labute approximate surface area is 97.0 Å². The monoisotopic (exact) mass is 268 g/mol. The third-order valence-corrected chi connectivity index (χ3v) is 3.46. The second-order valence-corrected chi connectivity index (χ2v) is 4.17. The highest BCUT2D eigenvalue weighted by Crippen LogP contribution is 2.19. The van der Waals surface area contributed by atoms with Gasteiger partial charge in [-0.1, -0.05) is 15.9 Å². The third-order valence-electron chi connectivity index (χ3n) is 2.52. The Morgan fingerprint density at radius 1 is 1.53 bits per heavy atom. The lowest BCUT2D eigenvalue weighted by Gasteiger charge is -2.24. The van der Waals surface area contributed by atoms with E-state index >= 15 is 0 Å². The molecule has 0 aromatic carbocycles. The molecule has 5 heteroatoms. The lowest BCUT2D eigenvalue weighted by atomic mass is 10.3. The van der Waals surface area contributed by atoms with Crippen LogP contribution in [0.1, 0.15) is 6.92 Å². The molecule has 0 bridgehead atoms. The van der Waals surface area contributed by atoms with E-state index in [1.807, 2.05) is 23.8 Å². The summed E-state index contributed by atoms with van der Waals surface area (Å²) in [4.78, 5) is 6.54. The Morgan fingerprint density at radius 2 is 2.33 bits per heavy atom. The summed E-state index contributed by atoms with van der Waals surface area (Å²) in [5.74, 6) is 0.960. The Balaban J connectivity index is 2.46. The van der Waals surface area contributed by atoms with Crippen LogP contribution in [-0.2, 0) is 0 Å². The number of alkyl halides is 1. The topological polar surface area (TPSA) is 33.4 Å². The van der Waals surface area contributed by atoms with Gasteiger partial charge in [-0.3, -0.25) is 0 Å². The van der Waals surface area contributed by atoms with Crippen LogP contribution < -0.4 is 4.90 Å². The van der Waals surface area contributed by atoms with Crippen molar-refractivity contribution in [3.8, 4) is 0 Å². The number of nitrogens with zero attached hydrogens (tertiary/aromatic N) is 4. The van der Waals surface area contributed by atoms with Gasteiger partial charge in [0.1, 0.15) is 5.52 Å². The van der Waals surface area contributed by atoms with Gasteiger partial charge in [-0.05, 0) is 13.0 Å². The van der Waals surface area contributed by atoms with E-state index in [4.69, 9.17) is 0 Å².